The van der Waals surface area contributed by atoms with Crippen LogP contribution in [0.2, 0.25) is 0 Å². The number of furan rings is 1. The van der Waals surface area contributed by atoms with Crippen LogP contribution in [0.4, 0.5) is 0 Å². The molecule has 0 fully saturated rings. The molecule has 1 atom stereocenters. The molecule has 0 amide bonds. The van der Waals surface area contributed by atoms with Crippen molar-refractivity contribution >= 4 is 11.6 Å². The van der Waals surface area contributed by atoms with Crippen LogP contribution in [0.1, 0.15) is 30.1 Å². The number of hydrogen-bond acceptors (Lipinski definition) is 5. The second kappa shape index (κ2) is 5.50. The predicted octanol–water partition coefficient (Wildman–Crippen LogP) is 3.26. The average molecular weight is 293 g/mol. The van der Waals surface area contributed by atoms with Gasteiger partial charge in [0.15, 0.2) is 5.76 Å². The quantitative estimate of drug-likeness (QED) is 0.675. The maximum Gasteiger partial charge on any atom is 0.202 e. The fourth-order valence-electron chi connectivity index (χ4n) is 1.83. The van der Waals surface area contributed by atoms with Crippen LogP contribution in [0.25, 0.3) is 11.5 Å². The van der Waals surface area contributed by atoms with E-state index in [0.717, 1.165) is 17.8 Å². The topological polar surface area (TPSA) is 69.9 Å². The van der Waals surface area contributed by atoms with Gasteiger partial charge in [-0.25, -0.2) is 4.68 Å². The zero-order chi connectivity index (χ0) is 13.9. The number of halogens is 1. The maximum atomic E-state index is 6.12. The molecule has 0 spiro atoms. The highest BCUT2D eigenvalue weighted by Gasteiger charge is 2.12. The van der Waals surface area contributed by atoms with E-state index in [1.807, 2.05) is 25.3 Å². The fourth-order valence-corrected chi connectivity index (χ4v) is 1.93. The van der Waals surface area contributed by atoms with E-state index in [4.69, 9.17) is 20.5 Å². The molecule has 0 saturated heterocycles. The third kappa shape index (κ3) is 2.60. The van der Waals surface area contributed by atoms with Crippen LogP contribution in [-0.2, 0) is 6.54 Å². The summed E-state index contributed by atoms with van der Waals surface area (Å²) in [7, 11) is 0. The van der Waals surface area contributed by atoms with E-state index in [1.54, 1.807) is 17.0 Å². The summed E-state index contributed by atoms with van der Waals surface area (Å²) in [6.45, 7) is 2.48. The summed E-state index contributed by atoms with van der Waals surface area (Å²) in [6.07, 6.45) is 4.22. The summed E-state index contributed by atoms with van der Waals surface area (Å²) < 4.78 is 12.2. The summed E-state index contributed by atoms with van der Waals surface area (Å²) in [6, 6.07) is 5.43. The van der Waals surface area contributed by atoms with Crippen molar-refractivity contribution in [3.05, 3.63) is 42.0 Å². The van der Waals surface area contributed by atoms with Gasteiger partial charge >= 0.3 is 0 Å². The lowest BCUT2D eigenvalue weighted by atomic mass is 10.2. The minimum Gasteiger partial charge on any atom is -0.461 e. The van der Waals surface area contributed by atoms with Crippen molar-refractivity contribution in [2.45, 2.75) is 25.3 Å². The Morgan fingerprint density at radius 2 is 2.30 bits per heavy atom. The SMILES string of the molecule is CCC(Cl)c1cn(Cc2cc(-c3ccco3)on2)nn1. The number of rotatable bonds is 5. The highest BCUT2D eigenvalue weighted by molar-refractivity contribution is 6.20. The molecule has 20 heavy (non-hydrogen) atoms. The van der Waals surface area contributed by atoms with Crippen LogP contribution >= 0.6 is 11.6 Å². The summed E-state index contributed by atoms with van der Waals surface area (Å²) >= 11 is 6.12. The van der Waals surface area contributed by atoms with Gasteiger partial charge in [-0.05, 0) is 18.6 Å². The molecule has 0 saturated carbocycles. The molecule has 104 valence electrons. The van der Waals surface area contributed by atoms with E-state index in [0.29, 0.717) is 18.1 Å². The van der Waals surface area contributed by atoms with Crippen molar-refractivity contribution < 1.29 is 8.94 Å². The molecule has 0 bridgehead atoms. The minimum absolute atomic E-state index is 0.111. The number of hydrogen-bond donors (Lipinski definition) is 0. The Hall–Kier alpha value is -2.08. The van der Waals surface area contributed by atoms with Gasteiger partial charge in [0.25, 0.3) is 0 Å². The monoisotopic (exact) mass is 292 g/mol. The standard InChI is InChI=1S/C13H13ClN4O2/c1-2-10(14)11-8-18(17-15-11)7-9-6-13(20-16-9)12-4-3-5-19-12/h3-6,8,10H,2,7H2,1H3. The molecule has 3 heterocycles. The summed E-state index contributed by atoms with van der Waals surface area (Å²) in [5, 5.41) is 11.9. The van der Waals surface area contributed by atoms with E-state index < -0.39 is 0 Å². The largest absolute Gasteiger partial charge is 0.461 e. The van der Waals surface area contributed by atoms with Crippen LogP contribution < -0.4 is 0 Å². The Morgan fingerprint density at radius 1 is 1.40 bits per heavy atom. The van der Waals surface area contributed by atoms with Crippen LogP contribution in [0.15, 0.2) is 39.6 Å². The molecular formula is C13H13ClN4O2. The Morgan fingerprint density at radius 3 is 3.05 bits per heavy atom. The van der Waals surface area contributed by atoms with E-state index >= 15 is 0 Å². The van der Waals surface area contributed by atoms with Gasteiger partial charge in [0.1, 0.15) is 11.4 Å². The van der Waals surface area contributed by atoms with Gasteiger partial charge < -0.3 is 8.94 Å². The first-order chi connectivity index (χ1) is 9.76. The fraction of sp³-hybridized carbons (Fsp3) is 0.308. The second-order valence-electron chi connectivity index (χ2n) is 4.38. The number of alkyl halides is 1. The highest BCUT2D eigenvalue weighted by Crippen LogP contribution is 2.22. The molecule has 0 N–H and O–H groups in total. The average Bonchev–Trinajstić information content (AvgIpc) is 3.19. The van der Waals surface area contributed by atoms with Crippen LogP contribution in [0.3, 0.4) is 0 Å². The van der Waals surface area contributed by atoms with Gasteiger partial charge in [-0.3, -0.25) is 0 Å². The van der Waals surface area contributed by atoms with Gasteiger partial charge in [0, 0.05) is 6.07 Å². The van der Waals surface area contributed by atoms with Gasteiger partial charge in [-0.1, -0.05) is 17.3 Å². The molecule has 7 heteroatoms. The Bertz CT molecular complexity index is 674. The number of aromatic nitrogens is 4. The Kier molecular flexibility index (Phi) is 3.56. The van der Waals surface area contributed by atoms with Crippen molar-refractivity contribution in [2.75, 3.05) is 0 Å². The molecule has 3 aromatic rings. The lowest BCUT2D eigenvalue weighted by Crippen LogP contribution is -2.00. The van der Waals surface area contributed by atoms with Gasteiger partial charge in [0.2, 0.25) is 5.76 Å². The molecule has 1 unspecified atom stereocenters. The third-order valence-electron chi connectivity index (χ3n) is 2.88. The molecule has 0 aliphatic rings. The first kappa shape index (κ1) is 12.9. The second-order valence-corrected chi connectivity index (χ2v) is 4.90. The van der Waals surface area contributed by atoms with Crippen molar-refractivity contribution in [1.29, 1.82) is 0 Å². The molecular weight excluding hydrogens is 280 g/mol. The predicted molar refractivity (Wildman–Crippen MR) is 72.2 cm³/mol. The number of nitrogens with zero attached hydrogens (tertiary/aromatic N) is 4. The molecule has 0 aliphatic heterocycles. The van der Waals surface area contributed by atoms with E-state index in [1.165, 1.54) is 0 Å². The lowest BCUT2D eigenvalue weighted by Gasteiger charge is -1.98. The maximum absolute atomic E-state index is 6.12. The molecule has 3 rings (SSSR count). The van der Waals surface area contributed by atoms with Crippen LogP contribution in [0, 0.1) is 0 Å². The Balaban J connectivity index is 1.73. The van der Waals surface area contributed by atoms with Crippen molar-refractivity contribution in [3.63, 3.8) is 0 Å². The molecule has 0 radical (unpaired) electrons. The first-order valence-corrected chi connectivity index (χ1v) is 6.73. The zero-order valence-corrected chi connectivity index (χ0v) is 11.6. The van der Waals surface area contributed by atoms with E-state index in [2.05, 4.69) is 15.5 Å². The van der Waals surface area contributed by atoms with Crippen LogP contribution in [-0.4, -0.2) is 20.2 Å². The van der Waals surface area contributed by atoms with Gasteiger partial charge in [0.05, 0.1) is 24.4 Å². The van der Waals surface area contributed by atoms with E-state index in [9.17, 15) is 0 Å². The minimum atomic E-state index is -0.111. The molecule has 0 aromatic carbocycles. The summed E-state index contributed by atoms with van der Waals surface area (Å²) in [5.74, 6) is 1.24. The normalized spacial score (nSPS) is 12.7. The van der Waals surface area contributed by atoms with E-state index in [-0.39, 0.29) is 5.38 Å². The highest BCUT2D eigenvalue weighted by atomic mass is 35.5. The molecule has 0 aliphatic carbocycles. The summed E-state index contributed by atoms with van der Waals surface area (Å²) in [4.78, 5) is 0. The van der Waals surface area contributed by atoms with Crippen molar-refractivity contribution in [3.8, 4) is 11.5 Å². The zero-order valence-electron chi connectivity index (χ0n) is 10.9. The molecule has 3 aromatic heterocycles. The van der Waals surface area contributed by atoms with Crippen LogP contribution in [0.5, 0.6) is 0 Å². The third-order valence-corrected chi connectivity index (χ3v) is 3.41. The first-order valence-electron chi connectivity index (χ1n) is 6.30. The molecule has 6 nitrogen and oxygen atoms in total. The van der Waals surface area contributed by atoms with Crippen molar-refractivity contribution in [1.82, 2.24) is 20.2 Å². The van der Waals surface area contributed by atoms with Crippen molar-refractivity contribution in [2.24, 2.45) is 0 Å². The smallest absolute Gasteiger partial charge is 0.202 e. The summed E-state index contributed by atoms with van der Waals surface area (Å²) in [5.41, 5.74) is 1.51. The van der Waals surface area contributed by atoms with Gasteiger partial charge in [-0.15, -0.1) is 16.7 Å². The Labute approximate surface area is 120 Å². The van der Waals surface area contributed by atoms with Gasteiger partial charge in [-0.2, -0.15) is 0 Å². The lowest BCUT2D eigenvalue weighted by molar-refractivity contribution is 0.407.